The lowest BCUT2D eigenvalue weighted by atomic mass is 9.97. The van der Waals surface area contributed by atoms with Gasteiger partial charge in [-0.15, -0.1) is 0 Å². The number of halogens is 4. The second-order valence-corrected chi connectivity index (χ2v) is 8.81. The Hall–Kier alpha value is -3.72. The summed E-state index contributed by atoms with van der Waals surface area (Å²) in [5, 5.41) is 11.5. The van der Waals surface area contributed by atoms with Crippen LogP contribution < -0.4 is 4.74 Å². The van der Waals surface area contributed by atoms with E-state index in [4.69, 9.17) is 20.8 Å². The third-order valence-electron chi connectivity index (χ3n) is 5.83. The number of carbonyl (C=O) groups excluding carboxylic acids is 2. The largest absolute Gasteiger partial charge is 0.507 e. The normalized spacial score (nSPS) is 17.6. The van der Waals surface area contributed by atoms with E-state index in [1.165, 1.54) is 19.2 Å². The number of hydrogen-bond donors (Lipinski definition) is 1. The Morgan fingerprint density at radius 2 is 1.86 bits per heavy atom. The molecule has 188 valence electrons. The van der Waals surface area contributed by atoms with Crippen LogP contribution in [-0.4, -0.2) is 28.8 Å². The van der Waals surface area contributed by atoms with Gasteiger partial charge < -0.3 is 19.2 Å². The van der Waals surface area contributed by atoms with Crippen LogP contribution in [0.2, 0.25) is 5.02 Å². The molecule has 1 amide bonds. The number of methoxy groups -OCH3 is 1. The van der Waals surface area contributed by atoms with Crippen LogP contribution in [0.5, 0.6) is 5.75 Å². The first kappa shape index (κ1) is 25.4. The first-order valence-corrected chi connectivity index (χ1v) is 11.2. The number of hydrogen-bond acceptors (Lipinski definition) is 5. The first-order chi connectivity index (χ1) is 16.9. The van der Waals surface area contributed by atoms with Gasteiger partial charge in [0, 0.05) is 6.54 Å². The van der Waals surface area contributed by atoms with Crippen molar-refractivity contribution in [3.8, 4) is 5.75 Å². The maximum Gasteiger partial charge on any atom is 0.416 e. The molecule has 6 nitrogen and oxygen atoms in total. The van der Waals surface area contributed by atoms with E-state index in [1.54, 1.807) is 38.1 Å². The van der Waals surface area contributed by atoms with Crippen LogP contribution in [0.3, 0.4) is 0 Å². The third kappa shape index (κ3) is 4.58. The van der Waals surface area contributed by atoms with Crippen molar-refractivity contribution in [1.82, 2.24) is 4.90 Å². The van der Waals surface area contributed by atoms with Crippen LogP contribution in [0.1, 0.15) is 39.8 Å². The number of furan rings is 1. The first-order valence-electron chi connectivity index (χ1n) is 10.8. The number of ketones is 1. The Bertz CT molecular complexity index is 1390. The van der Waals surface area contributed by atoms with Crippen molar-refractivity contribution in [2.24, 2.45) is 0 Å². The van der Waals surface area contributed by atoms with E-state index in [2.05, 4.69) is 0 Å². The number of aryl methyl sites for hydroxylation is 2. The average molecular weight is 520 g/mol. The number of rotatable bonds is 5. The Kier molecular flexibility index (Phi) is 6.62. The van der Waals surface area contributed by atoms with Crippen LogP contribution >= 0.6 is 11.6 Å². The molecule has 1 atom stereocenters. The molecule has 3 aromatic rings. The quantitative estimate of drug-likeness (QED) is 0.247. The van der Waals surface area contributed by atoms with E-state index < -0.39 is 35.2 Å². The van der Waals surface area contributed by atoms with Gasteiger partial charge in [0.1, 0.15) is 29.1 Å². The number of ether oxygens (including phenoxy) is 1. The van der Waals surface area contributed by atoms with E-state index in [0.29, 0.717) is 11.3 Å². The van der Waals surface area contributed by atoms with Crippen LogP contribution in [0.4, 0.5) is 13.2 Å². The standard InChI is InChI=1S/C26H21ClF3NO5/c1-13-9-17(24(35-3)18(27)10-13)22(32)20-21(19-8-7-14(2)36-19)31(25(34)23(20)33)12-15-5-4-6-16(11-15)26(28,29)30/h4-11,21,32H,12H2,1-3H3/b22-20+. The Balaban J connectivity index is 1.89. The van der Waals surface area contributed by atoms with Crippen molar-refractivity contribution in [1.29, 1.82) is 0 Å². The molecule has 36 heavy (non-hydrogen) atoms. The summed E-state index contributed by atoms with van der Waals surface area (Å²) in [6.45, 7) is 3.05. The lowest BCUT2D eigenvalue weighted by molar-refractivity contribution is -0.140. The number of nitrogens with zero attached hydrogens (tertiary/aromatic N) is 1. The number of Topliss-reactive ketones (excluding diaryl/α,β-unsaturated/α-hetero) is 1. The minimum absolute atomic E-state index is 0.0906. The van der Waals surface area contributed by atoms with Gasteiger partial charge in [0.2, 0.25) is 0 Å². The van der Waals surface area contributed by atoms with Crippen molar-refractivity contribution >= 4 is 29.1 Å². The van der Waals surface area contributed by atoms with Crippen LogP contribution in [0.15, 0.2) is 58.5 Å². The molecule has 10 heteroatoms. The second-order valence-electron chi connectivity index (χ2n) is 8.40. The molecule has 0 bridgehead atoms. The number of aliphatic hydroxyl groups excluding tert-OH is 1. The van der Waals surface area contributed by atoms with E-state index in [9.17, 15) is 27.9 Å². The summed E-state index contributed by atoms with van der Waals surface area (Å²) in [5.74, 6) is -1.81. The van der Waals surface area contributed by atoms with Crippen LogP contribution in [-0.2, 0) is 22.3 Å². The molecule has 0 saturated carbocycles. The van der Waals surface area contributed by atoms with Crippen molar-refractivity contribution in [2.75, 3.05) is 7.11 Å². The third-order valence-corrected chi connectivity index (χ3v) is 6.11. The molecule has 0 radical (unpaired) electrons. The van der Waals surface area contributed by atoms with E-state index >= 15 is 0 Å². The van der Waals surface area contributed by atoms with Crippen LogP contribution in [0.25, 0.3) is 5.76 Å². The fraction of sp³-hybridized carbons (Fsp3) is 0.231. The number of benzene rings is 2. The SMILES string of the molecule is COc1c(Cl)cc(C)cc1/C(O)=C1\C(=O)C(=O)N(Cc2cccc(C(F)(F)F)c2)C1c1ccc(C)o1. The predicted molar refractivity (Wildman–Crippen MR) is 125 cm³/mol. The van der Waals surface area contributed by atoms with E-state index in [1.807, 2.05) is 0 Å². The zero-order valence-corrected chi connectivity index (χ0v) is 20.2. The maximum atomic E-state index is 13.2. The number of carbonyl (C=O) groups is 2. The summed E-state index contributed by atoms with van der Waals surface area (Å²) in [4.78, 5) is 27.4. The summed E-state index contributed by atoms with van der Waals surface area (Å²) in [7, 11) is 1.34. The predicted octanol–water partition coefficient (Wildman–Crippen LogP) is 6.20. The average Bonchev–Trinajstić information content (AvgIpc) is 3.34. The maximum absolute atomic E-state index is 13.2. The monoisotopic (exact) mass is 519 g/mol. The Morgan fingerprint density at radius 3 is 2.47 bits per heavy atom. The van der Waals surface area contributed by atoms with Gasteiger partial charge in [-0.1, -0.05) is 23.7 Å². The van der Waals surface area contributed by atoms with Gasteiger partial charge in [-0.25, -0.2) is 0 Å². The molecule has 2 aromatic carbocycles. The molecular weight excluding hydrogens is 499 g/mol. The topological polar surface area (TPSA) is 80.0 Å². The van der Waals surface area contributed by atoms with Crippen LogP contribution in [0, 0.1) is 13.8 Å². The lowest BCUT2D eigenvalue weighted by Crippen LogP contribution is -2.29. The minimum atomic E-state index is -4.58. The summed E-state index contributed by atoms with van der Waals surface area (Å²) < 4.78 is 50.8. The summed E-state index contributed by atoms with van der Waals surface area (Å²) in [6.07, 6.45) is -4.58. The molecule has 0 spiro atoms. The zero-order chi connectivity index (χ0) is 26.4. The fourth-order valence-electron chi connectivity index (χ4n) is 4.24. The highest BCUT2D eigenvalue weighted by Crippen LogP contribution is 2.44. The Morgan fingerprint density at radius 1 is 1.14 bits per heavy atom. The van der Waals surface area contributed by atoms with Gasteiger partial charge in [0.25, 0.3) is 11.7 Å². The van der Waals surface area contributed by atoms with Crippen molar-refractivity contribution in [3.05, 3.63) is 92.9 Å². The highest BCUT2D eigenvalue weighted by molar-refractivity contribution is 6.46. The highest BCUT2D eigenvalue weighted by Gasteiger charge is 2.48. The van der Waals surface area contributed by atoms with Gasteiger partial charge in [-0.3, -0.25) is 9.59 Å². The van der Waals surface area contributed by atoms with Gasteiger partial charge in [0.05, 0.1) is 28.8 Å². The van der Waals surface area contributed by atoms with Gasteiger partial charge >= 0.3 is 6.18 Å². The molecular formula is C26H21ClF3NO5. The molecule has 4 rings (SSSR count). The molecule has 1 unspecified atom stereocenters. The molecule has 1 N–H and O–H groups in total. The Labute approximate surface area is 209 Å². The van der Waals surface area contributed by atoms with Crippen molar-refractivity contribution in [2.45, 2.75) is 32.6 Å². The molecule has 1 aliphatic rings. The second kappa shape index (κ2) is 9.39. The van der Waals surface area contributed by atoms with E-state index in [-0.39, 0.29) is 39.8 Å². The van der Waals surface area contributed by atoms with Crippen molar-refractivity contribution < 1.29 is 37.0 Å². The molecule has 1 aliphatic heterocycles. The summed E-state index contributed by atoms with van der Waals surface area (Å²) >= 11 is 6.26. The zero-order valence-electron chi connectivity index (χ0n) is 19.4. The van der Waals surface area contributed by atoms with Gasteiger partial charge in [-0.2, -0.15) is 13.2 Å². The number of aliphatic hydroxyl groups is 1. The summed E-state index contributed by atoms with van der Waals surface area (Å²) in [6, 6.07) is 9.58. The number of likely N-dealkylation sites (tertiary alicyclic amines) is 1. The molecule has 1 aromatic heterocycles. The number of alkyl halides is 3. The molecule has 0 aliphatic carbocycles. The lowest BCUT2D eigenvalue weighted by Gasteiger charge is -2.24. The van der Waals surface area contributed by atoms with Crippen molar-refractivity contribution in [3.63, 3.8) is 0 Å². The minimum Gasteiger partial charge on any atom is -0.507 e. The molecule has 2 heterocycles. The molecule has 1 saturated heterocycles. The summed E-state index contributed by atoms with van der Waals surface area (Å²) in [5.41, 5.74) is -0.280. The van der Waals surface area contributed by atoms with Gasteiger partial charge in [0.15, 0.2) is 0 Å². The smallest absolute Gasteiger partial charge is 0.416 e. The number of amides is 1. The highest BCUT2D eigenvalue weighted by atomic mass is 35.5. The molecule has 1 fully saturated rings. The van der Waals surface area contributed by atoms with E-state index in [0.717, 1.165) is 17.0 Å². The van der Waals surface area contributed by atoms with Gasteiger partial charge in [-0.05, 0) is 61.4 Å². The fourth-order valence-corrected chi connectivity index (χ4v) is 4.59.